The molecule has 0 unspecified atom stereocenters. The Morgan fingerprint density at radius 2 is 1.01 bits per heavy atom. The van der Waals surface area contributed by atoms with Gasteiger partial charge >= 0.3 is 0 Å². The smallest absolute Gasteiger partial charge is 0.297 e. The molecule has 3 heterocycles. The third kappa shape index (κ3) is 7.87. The standard InChI is InChI=1S/C72H68BN3O/c1-45-21-18-22-46(2)65(45)49-25-20-30-55(39-49)75-61-40-50(66-47(3)23-19-24-48(66)4)31-36-60(61)73-67-62(75)41-56(74(52-26-14-12-15-27-52)53-28-16-13-17-29-53)42-63(67)76(54-34-32-51(33-35-54)70(5,6)7)68-57-43-58-59(44-64(57)77-69(68)73)72(10,11)38-37-71(58,8)9/h12-36,39-44H,37-38H2,1-11H3. The summed E-state index contributed by atoms with van der Waals surface area (Å²) < 4.78 is 7.70. The Morgan fingerprint density at radius 1 is 0.481 bits per heavy atom. The van der Waals surface area contributed by atoms with Gasteiger partial charge in [-0.1, -0.05) is 158 Å². The summed E-state index contributed by atoms with van der Waals surface area (Å²) in [6.45, 7) is 25.3. The third-order valence-electron chi connectivity index (χ3n) is 17.5. The Labute approximate surface area is 456 Å². The maximum Gasteiger partial charge on any atom is 0.297 e. The van der Waals surface area contributed by atoms with Crippen molar-refractivity contribution in [2.75, 3.05) is 14.7 Å². The fourth-order valence-electron chi connectivity index (χ4n) is 13.4. The van der Waals surface area contributed by atoms with E-state index in [0.29, 0.717) is 0 Å². The van der Waals surface area contributed by atoms with Gasteiger partial charge in [0.1, 0.15) is 5.58 Å². The fraction of sp³-hybridized carbons (Fsp3) is 0.222. The molecule has 0 saturated heterocycles. The number of hydrogen-bond donors (Lipinski definition) is 0. The second-order valence-corrected chi connectivity index (χ2v) is 24.6. The highest BCUT2D eigenvalue weighted by Gasteiger charge is 2.48. The van der Waals surface area contributed by atoms with Gasteiger partial charge in [-0.3, -0.25) is 0 Å². The van der Waals surface area contributed by atoms with Crippen LogP contribution in [-0.4, -0.2) is 6.71 Å². The Kier molecular flexibility index (Phi) is 11.2. The molecule has 9 aromatic carbocycles. The van der Waals surface area contributed by atoms with Crippen LogP contribution in [0.25, 0.3) is 33.2 Å². The maximum atomic E-state index is 7.70. The highest BCUT2D eigenvalue weighted by molar-refractivity contribution is 7.00. The number of aryl methyl sites for hydroxylation is 4. The van der Waals surface area contributed by atoms with E-state index in [9.17, 15) is 0 Å². The van der Waals surface area contributed by atoms with Gasteiger partial charge in [-0.05, 0) is 208 Å². The summed E-state index contributed by atoms with van der Waals surface area (Å²) in [7, 11) is 0. The number of hydrogen-bond acceptors (Lipinski definition) is 4. The quantitative estimate of drug-likeness (QED) is 0.148. The molecule has 2 aliphatic heterocycles. The van der Waals surface area contributed by atoms with Gasteiger partial charge in [-0.15, -0.1) is 0 Å². The lowest BCUT2D eigenvalue weighted by molar-refractivity contribution is 0.332. The molecule has 4 nitrogen and oxygen atoms in total. The molecule has 1 aromatic heterocycles. The van der Waals surface area contributed by atoms with Crippen molar-refractivity contribution in [2.24, 2.45) is 0 Å². The van der Waals surface area contributed by atoms with Crippen LogP contribution in [0.5, 0.6) is 0 Å². The zero-order valence-electron chi connectivity index (χ0n) is 46.6. The molecule has 0 bridgehead atoms. The zero-order valence-corrected chi connectivity index (χ0v) is 46.6. The van der Waals surface area contributed by atoms with Crippen LogP contribution in [0.1, 0.15) is 100 Å². The minimum Gasteiger partial charge on any atom is -0.468 e. The summed E-state index contributed by atoms with van der Waals surface area (Å²) in [6, 6.07) is 70.8. The summed E-state index contributed by atoms with van der Waals surface area (Å²) in [5.74, 6) is 0. The van der Waals surface area contributed by atoms with Gasteiger partial charge in [0.2, 0.25) is 0 Å². The number of furan rings is 1. The van der Waals surface area contributed by atoms with E-state index in [-0.39, 0.29) is 23.0 Å². The number of fused-ring (bicyclic) bond motifs is 7. The van der Waals surface area contributed by atoms with Crippen molar-refractivity contribution >= 4 is 85.5 Å². The van der Waals surface area contributed by atoms with Crippen LogP contribution in [0.4, 0.5) is 51.2 Å². The topological polar surface area (TPSA) is 22.9 Å². The van der Waals surface area contributed by atoms with Crippen molar-refractivity contribution in [1.82, 2.24) is 0 Å². The van der Waals surface area contributed by atoms with Crippen molar-refractivity contribution in [2.45, 2.75) is 105 Å². The van der Waals surface area contributed by atoms with Crippen LogP contribution in [0.15, 0.2) is 192 Å². The molecule has 0 N–H and O–H groups in total. The summed E-state index contributed by atoms with van der Waals surface area (Å²) in [5.41, 5.74) is 28.4. The van der Waals surface area contributed by atoms with Gasteiger partial charge < -0.3 is 19.1 Å². The summed E-state index contributed by atoms with van der Waals surface area (Å²) >= 11 is 0. The summed E-state index contributed by atoms with van der Waals surface area (Å²) in [6.07, 6.45) is 2.25. The van der Waals surface area contributed by atoms with Crippen molar-refractivity contribution in [1.29, 1.82) is 0 Å². The van der Waals surface area contributed by atoms with E-state index in [2.05, 4.69) is 279 Å². The van der Waals surface area contributed by atoms with Crippen LogP contribution >= 0.6 is 0 Å². The van der Waals surface area contributed by atoms with E-state index in [0.717, 1.165) is 80.7 Å². The van der Waals surface area contributed by atoms with E-state index in [1.807, 2.05) is 0 Å². The van der Waals surface area contributed by atoms with E-state index < -0.39 is 0 Å². The molecule has 13 rings (SSSR count). The highest BCUT2D eigenvalue weighted by atomic mass is 16.3. The van der Waals surface area contributed by atoms with Gasteiger partial charge in [0.05, 0.1) is 17.0 Å². The van der Waals surface area contributed by atoms with Gasteiger partial charge in [0, 0.05) is 45.2 Å². The predicted octanol–water partition coefficient (Wildman–Crippen LogP) is 18.2. The highest BCUT2D eigenvalue weighted by Crippen LogP contribution is 2.53. The Balaban J connectivity index is 1.19. The van der Waals surface area contributed by atoms with E-state index in [4.69, 9.17) is 4.42 Å². The largest absolute Gasteiger partial charge is 0.468 e. The Bertz CT molecular complexity index is 3890. The number of nitrogens with zero attached hydrogens (tertiary/aromatic N) is 3. The maximum absolute atomic E-state index is 7.70. The molecule has 10 aromatic rings. The van der Waals surface area contributed by atoms with Gasteiger partial charge in [-0.2, -0.15) is 0 Å². The van der Waals surface area contributed by atoms with Crippen molar-refractivity contribution in [3.63, 3.8) is 0 Å². The minimum atomic E-state index is -0.235. The van der Waals surface area contributed by atoms with E-state index in [1.54, 1.807) is 0 Å². The molecule has 0 spiro atoms. The molecule has 0 fully saturated rings. The molecule has 0 saturated carbocycles. The lowest BCUT2D eigenvalue weighted by Crippen LogP contribution is -2.61. The monoisotopic (exact) mass is 1000 g/mol. The van der Waals surface area contributed by atoms with Crippen molar-refractivity contribution in [3.05, 3.63) is 227 Å². The minimum absolute atomic E-state index is 0.00538. The lowest BCUT2D eigenvalue weighted by Gasteiger charge is -2.44. The second kappa shape index (κ2) is 17.8. The number of anilines is 9. The first-order valence-corrected chi connectivity index (χ1v) is 27.7. The lowest BCUT2D eigenvalue weighted by atomic mass is 9.35. The summed E-state index contributed by atoms with van der Waals surface area (Å²) in [5, 5.41) is 1.16. The molecule has 0 amide bonds. The number of para-hydroxylation sites is 2. The number of benzene rings is 9. The molecule has 0 atom stereocenters. The molecular formula is C72H68BN3O. The van der Waals surface area contributed by atoms with Crippen molar-refractivity contribution in [3.8, 4) is 22.3 Å². The average Bonchev–Trinajstić information content (AvgIpc) is 4.04. The Hall–Kier alpha value is -8.02. The molecule has 1 aliphatic carbocycles. The molecule has 77 heavy (non-hydrogen) atoms. The van der Waals surface area contributed by atoms with Gasteiger partial charge in [-0.25, -0.2) is 0 Å². The number of rotatable bonds is 7. The SMILES string of the molecule is Cc1cccc(C)c1-c1cccc(N2c3cc(-c4c(C)cccc4C)ccc3B3c4oc5cc6c(cc5c4N(c4ccc(C(C)(C)C)cc4)c4cc(N(c5ccccc5)c5ccccc5)cc2c43)C(C)(C)CCC6(C)C)c1. The van der Waals surface area contributed by atoms with Crippen LogP contribution in [-0.2, 0) is 16.2 Å². The van der Waals surface area contributed by atoms with Gasteiger partial charge in [0.15, 0.2) is 0 Å². The van der Waals surface area contributed by atoms with Crippen LogP contribution < -0.4 is 31.3 Å². The predicted molar refractivity (Wildman–Crippen MR) is 329 cm³/mol. The second-order valence-electron chi connectivity index (χ2n) is 24.6. The normalized spacial score (nSPS) is 15.0. The fourth-order valence-corrected chi connectivity index (χ4v) is 13.4. The molecule has 0 radical (unpaired) electrons. The van der Waals surface area contributed by atoms with Crippen molar-refractivity contribution < 1.29 is 4.42 Å². The van der Waals surface area contributed by atoms with Crippen LogP contribution in [0.2, 0.25) is 0 Å². The third-order valence-corrected chi connectivity index (χ3v) is 17.5. The van der Waals surface area contributed by atoms with Gasteiger partial charge in [0.25, 0.3) is 6.71 Å². The average molecular weight is 1000 g/mol. The van der Waals surface area contributed by atoms with Crippen LogP contribution in [0, 0.1) is 27.7 Å². The first kappa shape index (κ1) is 48.6. The molecule has 380 valence electrons. The van der Waals surface area contributed by atoms with E-state index >= 15 is 0 Å². The summed E-state index contributed by atoms with van der Waals surface area (Å²) in [4.78, 5) is 7.58. The first-order chi connectivity index (χ1) is 37.0. The Morgan fingerprint density at radius 3 is 1.58 bits per heavy atom. The van der Waals surface area contributed by atoms with E-state index in [1.165, 1.54) is 72.1 Å². The molecular weight excluding hydrogens is 934 g/mol. The first-order valence-electron chi connectivity index (χ1n) is 27.7. The zero-order chi connectivity index (χ0) is 53.3. The molecule has 5 heteroatoms. The molecule has 3 aliphatic rings. The van der Waals surface area contributed by atoms with Crippen LogP contribution in [0.3, 0.4) is 0 Å².